The Morgan fingerprint density at radius 2 is 1.94 bits per heavy atom. The number of hydrogen-bond acceptors (Lipinski definition) is 5. The normalized spacial score (nSPS) is 16.6. The van der Waals surface area contributed by atoms with Crippen molar-refractivity contribution in [3.63, 3.8) is 0 Å². The molecule has 1 saturated heterocycles. The van der Waals surface area contributed by atoms with E-state index in [4.69, 9.17) is 0 Å². The van der Waals surface area contributed by atoms with Gasteiger partial charge in [-0.3, -0.25) is 4.79 Å². The van der Waals surface area contributed by atoms with Gasteiger partial charge in [-0.1, -0.05) is 31.2 Å². The van der Waals surface area contributed by atoms with Gasteiger partial charge < -0.3 is 14.8 Å². The third-order valence-electron chi connectivity index (χ3n) is 7.14. The van der Waals surface area contributed by atoms with Crippen LogP contribution in [0.3, 0.4) is 0 Å². The predicted octanol–water partition coefficient (Wildman–Crippen LogP) is 5.09. The van der Waals surface area contributed by atoms with Crippen molar-refractivity contribution in [2.24, 2.45) is 13.0 Å². The Bertz CT molecular complexity index is 1180. The molecule has 6 nitrogen and oxygen atoms in total. The average molecular weight is 476 g/mol. The Morgan fingerprint density at radius 3 is 2.76 bits per heavy atom. The van der Waals surface area contributed by atoms with Crippen LogP contribution in [-0.4, -0.2) is 39.4 Å². The minimum atomic E-state index is -0.0543. The largest absolute Gasteiger partial charge is 0.347 e. The van der Waals surface area contributed by atoms with Gasteiger partial charge in [-0.2, -0.15) is 0 Å². The van der Waals surface area contributed by atoms with Gasteiger partial charge in [0.25, 0.3) is 5.91 Å². The third-order valence-corrected chi connectivity index (χ3v) is 8.37. The number of fused-ring (bicyclic) bond motifs is 1. The Balaban J connectivity index is 1.29. The molecule has 1 amide bonds. The van der Waals surface area contributed by atoms with Crippen LogP contribution in [0, 0.1) is 12.8 Å². The number of carbonyl (C=O) groups excluding carboxylic acids is 1. The molecule has 1 aromatic carbocycles. The van der Waals surface area contributed by atoms with E-state index in [1.165, 1.54) is 24.1 Å². The van der Waals surface area contributed by atoms with Crippen LogP contribution in [0.4, 0.5) is 11.5 Å². The van der Waals surface area contributed by atoms with Gasteiger partial charge in [0.05, 0.1) is 0 Å². The number of anilines is 2. The number of rotatable bonds is 6. The lowest BCUT2D eigenvalue weighted by molar-refractivity contribution is 0.0942. The molecule has 0 unspecified atom stereocenters. The minimum absolute atomic E-state index is 0.0543. The van der Waals surface area contributed by atoms with E-state index in [1.54, 1.807) is 11.9 Å². The zero-order chi connectivity index (χ0) is 23.7. The van der Waals surface area contributed by atoms with Gasteiger partial charge in [-0.25, -0.2) is 9.29 Å². The van der Waals surface area contributed by atoms with E-state index in [-0.39, 0.29) is 5.91 Å². The summed E-state index contributed by atoms with van der Waals surface area (Å²) in [6.45, 7) is 7.97. The van der Waals surface area contributed by atoms with E-state index < -0.39 is 0 Å². The molecular weight excluding hydrogens is 442 g/mol. The van der Waals surface area contributed by atoms with E-state index in [0.717, 1.165) is 53.9 Å². The number of pyridine rings is 1. The molecule has 5 rings (SSSR count). The highest BCUT2D eigenvalue weighted by atomic mass is 32.2. The zero-order valence-corrected chi connectivity index (χ0v) is 21.1. The lowest BCUT2D eigenvalue weighted by Crippen LogP contribution is -2.27. The van der Waals surface area contributed by atoms with Gasteiger partial charge in [0, 0.05) is 61.3 Å². The first-order chi connectivity index (χ1) is 16.5. The molecule has 0 bridgehead atoms. The summed E-state index contributed by atoms with van der Waals surface area (Å²) in [5.41, 5.74) is 5.40. The van der Waals surface area contributed by atoms with E-state index in [2.05, 4.69) is 63.7 Å². The third kappa shape index (κ3) is 4.59. The van der Waals surface area contributed by atoms with Gasteiger partial charge in [-0.15, -0.1) is 0 Å². The molecule has 0 spiro atoms. The first-order valence-corrected chi connectivity index (χ1v) is 13.0. The average Bonchev–Trinajstić information content (AvgIpc) is 3.41. The fourth-order valence-electron chi connectivity index (χ4n) is 4.83. The van der Waals surface area contributed by atoms with Crippen molar-refractivity contribution in [2.75, 3.05) is 24.5 Å². The van der Waals surface area contributed by atoms with Gasteiger partial charge in [0.1, 0.15) is 11.5 Å². The van der Waals surface area contributed by atoms with Crippen LogP contribution in [0.15, 0.2) is 53.6 Å². The smallest absolute Gasteiger partial charge is 0.268 e. The van der Waals surface area contributed by atoms with Crippen molar-refractivity contribution < 1.29 is 4.79 Å². The first kappa shape index (κ1) is 23.0. The molecule has 0 saturated carbocycles. The number of hydrogen-bond donors (Lipinski definition) is 1. The van der Waals surface area contributed by atoms with Crippen molar-refractivity contribution >= 4 is 29.4 Å². The number of aromatic nitrogens is 2. The molecule has 178 valence electrons. The lowest BCUT2D eigenvalue weighted by atomic mass is 10.0. The maximum Gasteiger partial charge on any atom is 0.268 e. The molecule has 2 aliphatic rings. The Labute approximate surface area is 206 Å². The number of amides is 1. The molecule has 34 heavy (non-hydrogen) atoms. The topological polar surface area (TPSA) is 53.4 Å². The van der Waals surface area contributed by atoms with Crippen molar-refractivity contribution in [3.8, 4) is 0 Å². The molecule has 7 heteroatoms. The predicted molar refractivity (Wildman–Crippen MR) is 139 cm³/mol. The number of nitrogens with zero attached hydrogens (tertiary/aromatic N) is 4. The van der Waals surface area contributed by atoms with Gasteiger partial charge >= 0.3 is 0 Å². The maximum atomic E-state index is 13.2. The highest BCUT2D eigenvalue weighted by Gasteiger charge is 2.24. The standard InChI is InChI=1S/C27H33N5OS/c1-19-10-14-31(15-11-19)34-25-17-24(30(3)20(25)2)27(33)29-18-22-8-6-13-28-26(22)32-16-12-21-7-4-5-9-23(21)32/h4-9,13,17,19H,10-12,14-16,18H2,1-3H3,(H,29,33). The summed E-state index contributed by atoms with van der Waals surface area (Å²) < 4.78 is 4.44. The summed E-state index contributed by atoms with van der Waals surface area (Å²) in [4.78, 5) is 21.3. The van der Waals surface area contributed by atoms with E-state index in [1.807, 2.05) is 29.9 Å². The van der Waals surface area contributed by atoms with Crippen LogP contribution in [0.5, 0.6) is 0 Å². The Morgan fingerprint density at radius 1 is 1.15 bits per heavy atom. The molecule has 0 atom stereocenters. The summed E-state index contributed by atoms with van der Waals surface area (Å²) in [5.74, 6) is 1.68. The molecule has 0 radical (unpaired) electrons. The Kier molecular flexibility index (Phi) is 6.66. The van der Waals surface area contributed by atoms with E-state index in [9.17, 15) is 4.79 Å². The van der Waals surface area contributed by atoms with E-state index in [0.29, 0.717) is 12.2 Å². The molecule has 4 heterocycles. The zero-order valence-electron chi connectivity index (χ0n) is 20.3. The molecular formula is C27H33N5OS. The highest BCUT2D eigenvalue weighted by Crippen LogP contribution is 2.35. The second-order valence-corrected chi connectivity index (χ2v) is 10.6. The van der Waals surface area contributed by atoms with Crippen LogP contribution in [-0.2, 0) is 20.0 Å². The van der Waals surface area contributed by atoms with Crippen LogP contribution in [0.1, 0.15) is 47.1 Å². The van der Waals surface area contributed by atoms with Gasteiger partial charge in [0.15, 0.2) is 0 Å². The van der Waals surface area contributed by atoms with Crippen molar-refractivity contribution in [1.82, 2.24) is 19.2 Å². The summed E-state index contributed by atoms with van der Waals surface area (Å²) in [7, 11) is 1.98. The molecule has 0 aliphatic carbocycles. The summed E-state index contributed by atoms with van der Waals surface area (Å²) in [5, 5.41) is 3.14. The van der Waals surface area contributed by atoms with Crippen LogP contribution >= 0.6 is 11.9 Å². The minimum Gasteiger partial charge on any atom is -0.347 e. The number of para-hydroxylation sites is 1. The summed E-state index contributed by atoms with van der Waals surface area (Å²) in [6, 6.07) is 14.5. The monoisotopic (exact) mass is 475 g/mol. The van der Waals surface area contributed by atoms with Crippen molar-refractivity contribution in [3.05, 3.63) is 71.2 Å². The van der Waals surface area contributed by atoms with Crippen molar-refractivity contribution in [1.29, 1.82) is 0 Å². The number of benzene rings is 1. The fraction of sp³-hybridized carbons (Fsp3) is 0.407. The molecule has 2 aliphatic heterocycles. The lowest BCUT2D eigenvalue weighted by Gasteiger charge is -2.28. The van der Waals surface area contributed by atoms with Crippen LogP contribution < -0.4 is 10.2 Å². The number of piperidine rings is 1. The molecule has 3 aromatic rings. The summed E-state index contributed by atoms with van der Waals surface area (Å²) >= 11 is 1.79. The quantitative estimate of drug-likeness (QED) is 0.503. The van der Waals surface area contributed by atoms with Gasteiger partial charge in [0.2, 0.25) is 0 Å². The maximum absolute atomic E-state index is 13.2. The SMILES string of the molecule is Cc1c(SN2CCC(C)CC2)cc(C(=O)NCc2cccnc2N2CCc3ccccc32)n1C. The molecule has 1 fully saturated rings. The van der Waals surface area contributed by atoms with Gasteiger partial charge in [-0.05, 0) is 67.8 Å². The number of nitrogens with one attached hydrogen (secondary N) is 1. The fourth-order valence-corrected chi connectivity index (χ4v) is 5.94. The van der Waals surface area contributed by atoms with Crippen LogP contribution in [0.2, 0.25) is 0 Å². The number of carbonyl (C=O) groups is 1. The second kappa shape index (κ2) is 9.84. The molecule has 2 aromatic heterocycles. The molecule has 1 N–H and O–H groups in total. The Hall–Kier alpha value is -2.77. The second-order valence-electron chi connectivity index (χ2n) is 9.44. The van der Waals surface area contributed by atoms with Crippen molar-refractivity contribution in [2.45, 2.75) is 44.6 Å². The van der Waals surface area contributed by atoms with Crippen LogP contribution in [0.25, 0.3) is 0 Å². The first-order valence-electron chi connectivity index (χ1n) is 12.2. The summed E-state index contributed by atoms with van der Waals surface area (Å²) in [6.07, 6.45) is 5.31. The van der Waals surface area contributed by atoms with E-state index >= 15 is 0 Å². The highest BCUT2D eigenvalue weighted by molar-refractivity contribution is 7.97.